The maximum absolute atomic E-state index is 13.2. The van der Waals surface area contributed by atoms with Gasteiger partial charge in [0.1, 0.15) is 5.69 Å². The molecule has 27 heavy (non-hydrogen) atoms. The predicted octanol–water partition coefficient (Wildman–Crippen LogP) is 1.55. The zero-order valence-electron chi connectivity index (χ0n) is 15.6. The lowest BCUT2D eigenvalue weighted by atomic mass is 10.1. The number of para-hydroxylation sites is 1. The van der Waals surface area contributed by atoms with E-state index in [1.807, 2.05) is 52.9 Å². The number of aromatic nitrogens is 3. The van der Waals surface area contributed by atoms with Gasteiger partial charge in [0.05, 0.1) is 16.8 Å². The highest BCUT2D eigenvalue weighted by Gasteiger charge is 2.28. The first kappa shape index (κ1) is 17.5. The van der Waals surface area contributed by atoms with Crippen molar-refractivity contribution in [3.05, 3.63) is 58.6 Å². The number of aryl methyl sites for hydroxylation is 1. The van der Waals surface area contributed by atoms with Gasteiger partial charge in [-0.05, 0) is 26.1 Å². The van der Waals surface area contributed by atoms with E-state index in [4.69, 9.17) is 0 Å². The molecule has 7 nitrogen and oxygen atoms in total. The van der Waals surface area contributed by atoms with Crippen LogP contribution in [0.3, 0.4) is 0 Å². The quantitative estimate of drug-likeness (QED) is 0.706. The molecule has 1 aromatic carbocycles. The van der Waals surface area contributed by atoms with Crippen molar-refractivity contribution in [1.82, 2.24) is 24.1 Å². The van der Waals surface area contributed by atoms with Crippen molar-refractivity contribution in [2.75, 3.05) is 33.2 Å². The highest BCUT2D eigenvalue weighted by molar-refractivity contribution is 6.00. The number of likely N-dealkylation sites (N-methyl/N-ethyl adjacent to an activating group) is 1. The van der Waals surface area contributed by atoms with Crippen LogP contribution < -0.4 is 5.56 Å². The minimum Gasteiger partial charge on any atom is -0.353 e. The van der Waals surface area contributed by atoms with Crippen LogP contribution in [-0.2, 0) is 6.54 Å². The lowest BCUT2D eigenvalue weighted by Crippen LogP contribution is -2.47. The molecular formula is C20H23N5O2. The summed E-state index contributed by atoms with van der Waals surface area (Å²) in [7, 11) is 2.05. The highest BCUT2D eigenvalue weighted by atomic mass is 16.2. The van der Waals surface area contributed by atoms with Crippen molar-refractivity contribution in [2.45, 2.75) is 13.5 Å². The number of piperazine rings is 1. The van der Waals surface area contributed by atoms with E-state index in [1.165, 1.54) is 4.68 Å². The fraction of sp³-hybridized carbons (Fsp3) is 0.350. The molecule has 1 amide bonds. The summed E-state index contributed by atoms with van der Waals surface area (Å²) in [5.74, 6) is -0.0615. The van der Waals surface area contributed by atoms with Crippen LogP contribution in [0.2, 0.25) is 0 Å². The summed E-state index contributed by atoms with van der Waals surface area (Å²) in [5.41, 5.74) is 1.93. The Kier molecular flexibility index (Phi) is 4.53. The maximum atomic E-state index is 13.2. The second kappa shape index (κ2) is 7.00. The van der Waals surface area contributed by atoms with Gasteiger partial charge in [0.25, 0.3) is 11.5 Å². The van der Waals surface area contributed by atoms with Gasteiger partial charge in [-0.1, -0.05) is 18.2 Å². The smallest absolute Gasteiger partial charge is 0.282 e. The number of carbonyl (C=O) groups excluding carboxylic acids is 1. The topological polar surface area (TPSA) is 63.4 Å². The van der Waals surface area contributed by atoms with E-state index in [-0.39, 0.29) is 11.5 Å². The van der Waals surface area contributed by atoms with Crippen LogP contribution in [-0.4, -0.2) is 63.3 Å². The second-order valence-electron chi connectivity index (χ2n) is 6.91. The molecule has 1 fully saturated rings. The molecule has 0 N–H and O–H groups in total. The fourth-order valence-electron chi connectivity index (χ4n) is 3.42. The monoisotopic (exact) mass is 365 g/mol. The third-order valence-corrected chi connectivity index (χ3v) is 5.11. The van der Waals surface area contributed by atoms with E-state index < -0.39 is 0 Å². The third-order valence-electron chi connectivity index (χ3n) is 5.11. The molecule has 1 saturated heterocycles. The summed E-state index contributed by atoms with van der Waals surface area (Å²) in [6.07, 6.45) is 3.59. The molecule has 0 aliphatic carbocycles. The van der Waals surface area contributed by atoms with Crippen molar-refractivity contribution >= 4 is 5.91 Å². The van der Waals surface area contributed by atoms with E-state index in [9.17, 15) is 9.59 Å². The van der Waals surface area contributed by atoms with Crippen molar-refractivity contribution in [3.8, 4) is 16.9 Å². The van der Waals surface area contributed by atoms with Gasteiger partial charge in [0.2, 0.25) is 0 Å². The van der Waals surface area contributed by atoms with Crippen LogP contribution in [0.5, 0.6) is 0 Å². The van der Waals surface area contributed by atoms with Crippen LogP contribution in [0.1, 0.15) is 17.3 Å². The number of hydrogen-bond donors (Lipinski definition) is 0. The Morgan fingerprint density at radius 1 is 1.07 bits per heavy atom. The number of hydrogen-bond acceptors (Lipinski definition) is 4. The van der Waals surface area contributed by atoms with Gasteiger partial charge in [0.15, 0.2) is 0 Å². The normalized spacial score (nSPS) is 15.4. The SMILES string of the molecule is CCn1cc(C(=O)N2CCN(C)CC2)c2nn(-c3ccccc3)c(=O)c-2c1. The Hall–Kier alpha value is -2.93. The van der Waals surface area contributed by atoms with E-state index in [1.54, 1.807) is 6.20 Å². The van der Waals surface area contributed by atoms with Gasteiger partial charge < -0.3 is 14.4 Å². The van der Waals surface area contributed by atoms with Gasteiger partial charge in [0, 0.05) is 45.1 Å². The summed E-state index contributed by atoms with van der Waals surface area (Å²) in [4.78, 5) is 30.2. The summed E-state index contributed by atoms with van der Waals surface area (Å²) in [5, 5.41) is 4.52. The Balaban J connectivity index is 1.82. The fourth-order valence-corrected chi connectivity index (χ4v) is 3.42. The first-order valence-corrected chi connectivity index (χ1v) is 9.24. The van der Waals surface area contributed by atoms with E-state index in [2.05, 4.69) is 17.0 Å². The number of amides is 1. The third kappa shape index (κ3) is 3.14. The summed E-state index contributed by atoms with van der Waals surface area (Å²) < 4.78 is 3.26. The number of benzene rings is 1. The molecule has 7 heteroatoms. The van der Waals surface area contributed by atoms with Crippen molar-refractivity contribution in [1.29, 1.82) is 0 Å². The molecule has 1 aromatic rings. The minimum absolute atomic E-state index is 0.0615. The van der Waals surface area contributed by atoms with Crippen molar-refractivity contribution in [2.24, 2.45) is 0 Å². The van der Waals surface area contributed by atoms with Gasteiger partial charge >= 0.3 is 0 Å². The molecule has 3 aliphatic rings. The molecule has 0 radical (unpaired) electrons. The molecule has 3 aliphatic heterocycles. The lowest BCUT2D eigenvalue weighted by molar-refractivity contribution is 0.0663. The largest absolute Gasteiger partial charge is 0.353 e. The van der Waals surface area contributed by atoms with Gasteiger partial charge in [-0.15, -0.1) is 0 Å². The summed E-state index contributed by atoms with van der Waals surface area (Å²) in [6, 6.07) is 9.30. The zero-order valence-corrected chi connectivity index (χ0v) is 15.6. The predicted molar refractivity (Wildman–Crippen MR) is 104 cm³/mol. The Morgan fingerprint density at radius 3 is 2.44 bits per heavy atom. The van der Waals surface area contributed by atoms with Crippen LogP contribution in [0.25, 0.3) is 16.9 Å². The first-order chi connectivity index (χ1) is 13.1. The van der Waals surface area contributed by atoms with Crippen LogP contribution >= 0.6 is 0 Å². The van der Waals surface area contributed by atoms with E-state index in [0.29, 0.717) is 42.1 Å². The molecule has 0 aromatic heterocycles. The van der Waals surface area contributed by atoms with Gasteiger partial charge in [-0.2, -0.15) is 9.78 Å². The summed E-state index contributed by atoms with van der Waals surface area (Å²) >= 11 is 0. The number of pyridine rings is 1. The molecule has 0 bridgehead atoms. The Labute approximate surface area is 157 Å². The molecule has 0 unspecified atom stereocenters. The summed E-state index contributed by atoms with van der Waals surface area (Å²) in [6.45, 7) is 5.72. The van der Waals surface area contributed by atoms with Gasteiger partial charge in [-0.25, -0.2) is 0 Å². The van der Waals surface area contributed by atoms with Crippen LogP contribution in [0, 0.1) is 0 Å². The first-order valence-electron chi connectivity index (χ1n) is 9.24. The van der Waals surface area contributed by atoms with Gasteiger partial charge in [-0.3, -0.25) is 9.59 Å². The molecular weight excluding hydrogens is 342 g/mol. The number of carbonyl (C=O) groups is 1. The lowest BCUT2D eigenvalue weighted by Gasteiger charge is -2.32. The van der Waals surface area contributed by atoms with Crippen LogP contribution in [0.15, 0.2) is 47.5 Å². The number of nitrogens with zero attached hydrogens (tertiary/aromatic N) is 5. The number of rotatable bonds is 3. The number of fused-ring (bicyclic) bond motifs is 1. The van der Waals surface area contributed by atoms with Crippen LogP contribution in [0.4, 0.5) is 0 Å². The van der Waals surface area contributed by atoms with E-state index in [0.717, 1.165) is 13.1 Å². The molecule has 4 rings (SSSR count). The molecule has 140 valence electrons. The maximum Gasteiger partial charge on any atom is 0.282 e. The van der Waals surface area contributed by atoms with Crippen molar-refractivity contribution in [3.63, 3.8) is 0 Å². The second-order valence-corrected chi connectivity index (χ2v) is 6.91. The molecule has 0 saturated carbocycles. The molecule has 3 heterocycles. The Morgan fingerprint density at radius 2 is 1.78 bits per heavy atom. The molecule has 0 atom stereocenters. The average Bonchev–Trinajstić information content (AvgIpc) is 3.04. The Bertz CT molecular complexity index is 983. The zero-order chi connectivity index (χ0) is 19.0. The molecule has 0 spiro atoms. The highest BCUT2D eigenvalue weighted by Crippen LogP contribution is 2.24. The minimum atomic E-state index is -0.202. The standard InChI is InChI=1S/C20H23N5O2/c1-3-23-13-16(19(26)24-11-9-22(2)10-12-24)18-17(14-23)20(27)25(21-18)15-7-5-4-6-8-15/h4-8,13-14H,3,9-12H2,1-2H3. The van der Waals surface area contributed by atoms with Crippen molar-refractivity contribution < 1.29 is 4.79 Å². The average molecular weight is 365 g/mol. The van der Waals surface area contributed by atoms with E-state index >= 15 is 0 Å².